The van der Waals surface area contributed by atoms with Crippen LogP contribution in [0, 0.1) is 0 Å². The number of rotatable bonds is 9. The number of nitrogens with one attached hydrogen (secondary N) is 1. The average molecular weight is 486 g/mol. The highest BCUT2D eigenvalue weighted by Gasteiger charge is 2.48. The summed E-state index contributed by atoms with van der Waals surface area (Å²) in [5.41, 5.74) is 1.77. The molecular weight excluding hydrogens is 450 g/mol. The Hall–Kier alpha value is -3.64. The van der Waals surface area contributed by atoms with E-state index < -0.39 is 5.54 Å². The van der Waals surface area contributed by atoms with Crippen molar-refractivity contribution < 1.29 is 14.3 Å². The third-order valence-corrected chi connectivity index (χ3v) is 7.01. The molecule has 3 aromatic carbocycles. The van der Waals surface area contributed by atoms with Crippen LogP contribution in [0.5, 0.6) is 5.75 Å². The van der Waals surface area contributed by atoms with Gasteiger partial charge in [-0.05, 0) is 61.2 Å². The Morgan fingerprint density at radius 1 is 0.917 bits per heavy atom. The fourth-order valence-corrected chi connectivity index (χ4v) is 4.92. The fraction of sp³-hybridized carbons (Fsp3) is 0.333. The van der Waals surface area contributed by atoms with Gasteiger partial charge in [-0.25, -0.2) is 0 Å². The van der Waals surface area contributed by atoms with Gasteiger partial charge in [0, 0.05) is 37.4 Å². The molecule has 0 bridgehead atoms. The summed E-state index contributed by atoms with van der Waals surface area (Å²) < 4.78 is 5.25. The van der Waals surface area contributed by atoms with Crippen LogP contribution >= 0.6 is 0 Å². The van der Waals surface area contributed by atoms with E-state index in [9.17, 15) is 9.59 Å². The maximum absolute atomic E-state index is 14.0. The van der Waals surface area contributed by atoms with Crippen LogP contribution in [0.3, 0.4) is 0 Å². The fourth-order valence-electron chi connectivity index (χ4n) is 4.92. The molecule has 2 amide bonds. The van der Waals surface area contributed by atoms with Crippen molar-refractivity contribution in [3.05, 3.63) is 90.5 Å². The van der Waals surface area contributed by atoms with Gasteiger partial charge >= 0.3 is 0 Å². The van der Waals surface area contributed by atoms with E-state index >= 15 is 0 Å². The molecule has 1 N–H and O–H groups in total. The van der Waals surface area contributed by atoms with Gasteiger partial charge in [-0.2, -0.15) is 0 Å². The molecule has 0 spiro atoms. The van der Waals surface area contributed by atoms with Gasteiger partial charge in [0.2, 0.25) is 5.91 Å². The standard InChI is InChI=1S/C30H35N3O3/c1-3-28(34)33(26-12-8-5-9-13-26)30(29(35)31-25-14-16-27(36-2)17-15-25)19-22-32(23-20-30)21-18-24-10-6-4-7-11-24/h4-17H,3,18-23H2,1-2H3,(H,31,35). The zero-order valence-corrected chi connectivity index (χ0v) is 21.2. The highest BCUT2D eigenvalue weighted by atomic mass is 16.5. The molecule has 1 aliphatic heterocycles. The lowest BCUT2D eigenvalue weighted by atomic mass is 9.83. The van der Waals surface area contributed by atoms with Crippen LogP contribution in [-0.4, -0.2) is 49.0 Å². The molecule has 0 atom stereocenters. The van der Waals surface area contributed by atoms with Crippen molar-refractivity contribution in [1.29, 1.82) is 0 Å². The molecule has 0 radical (unpaired) electrons. The molecule has 0 aliphatic carbocycles. The van der Waals surface area contributed by atoms with Gasteiger partial charge in [-0.15, -0.1) is 0 Å². The number of ether oxygens (including phenoxy) is 1. The zero-order chi connectivity index (χ0) is 25.4. The van der Waals surface area contributed by atoms with Crippen LogP contribution in [-0.2, 0) is 16.0 Å². The number of likely N-dealkylation sites (tertiary alicyclic amines) is 1. The number of nitrogens with zero attached hydrogens (tertiary/aromatic N) is 2. The number of methoxy groups -OCH3 is 1. The van der Waals surface area contributed by atoms with Crippen molar-refractivity contribution in [1.82, 2.24) is 4.90 Å². The maximum Gasteiger partial charge on any atom is 0.250 e. The Morgan fingerprint density at radius 3 is 2.11 bits per heavy atom. The Morgan fingerprint density at radius 2 is 1.53 bits per heavy atom. The van der Waals surface area contributed by atoms with Gasteiger partial charge in [0.1, 0.15) is 11.3 Å². The summed E-state index contributed by atoms with van der Waals surface area (Å²) in [7, 11) is 1.61. The molecule has 1 heterocycles. The number of hydrogen-bond donors (Lipinski definition) is 1. The Labute approximate surface area is 213 Å². The molecule has 4 rings (SSSR count). The quantitative estimate of drug-likeness (QED) is 0.455. The molecule has 6 nitrogen and oxygen atoms in total. The molecule has 1 fully saturated rings. The molecule has 0 unspecified atom stereocenters. The van der Waals surface area contributed by atoms with E-state index in [4.69, 9.17) is 4.74 Å². The van der Waals surface area contributed by atoms with Crippen LogP contribution in [0.4, 0.5) is 11.4 Å². The highest BCUT2D eigenvalue weighted by Crippen LogP contribution is 2.35. The molecule has 36 heavy (non-hydrogen) atoms. The SMILES string of the molecule is CCC(=O)N(c1ccccc1)C1(C(=O)Nc2ccc(OC)cc2)CCN(CCc2ccccc2)CC1. The van der Waals surface area contributed by atoms with E-state index in [2.05, 4.69) is 34.5 Å². The first-order valence-corrected chi connectivity index (χ1v) is 12.7. The van der Waals surface area contributed by atoms with Crippen molar-refractivity contribution in [3.63, 3.8) is 0 Å². The number of carbonyl (C=O) groups excluding carboxylic acids is 2. The molecular formula is C30H35N3O3. The normalized spacial score (nSPS) is 15.2. The molecule has 0 saturated carbocycles. The number of hydrogen-bond acceptors (Lipinski definition) is 4. The van der Waals surface area contributed by atoms with E-state index in [1.165, 1.54) is 5.56 Å². The summed E-state index contributed by atoms with van der Waals surface area (Å²) in [5.74, 6) is 0.520. The highest BCUT2D eigenvalue weighted by molar-refractivity contribution is 6.08. The lowest BCUT2D eigenvalue weighted by molar-refractivity contribution is -0.128. The molecule has 3 aromatic rings. The topological polar surface area (TPSA) is 61.9 Å². The summed E-state index contributed by atoms with van der Waals surface area (Å²) in [6.07, 6.45) is 2.40. The van der Waals surface area contributed by atoms with Gasteiger partial charge in [-0.1, -0.05) is 55.5 Å². The van der Waals surface area contributed by atoms with Crippen molar-refractivity contribution >= 4 is 23.2 Å². The molecule has 1 saturated heterocycles. The first-order valence-electron chi connectivity index (χ1n) is 12.7. The van der Waals surface area contributed by atoms with Crippen LogP contribution in [0.2, 0.25) is 0 Å². The van der Waals surface area contributed by atoms with Crippen molar-refractivity contribution in [2.24, 2.45) is 0 Å². The van der Waals surface area contributed by atoms with E-state index in [1.54, 1.807) is 12.0 Å². The molecule has 0 aromatic heterocycles. The molecule has 188 valence electrons. The maximum atomic E-state index is 14.0. The van der Waals surface area contributed by atoms with Crippen LogP contribution < -0.4 is 15.0 Å². The predicted molar refractivity (Wildman–Crippen MR) is 144 cm³/mol. The number of amides is 2. The Bertz CT molecular complexity index is 1130. The smallest absolute Gasteiger partial charge is 0.250 e. The second-order valence-electron chi connectivity index (χ2n) is 9.21. The van der Waals surface area contributed by atoms with Crippen molar-refractivity contribution in [2.45, 2.75) is 38.1 Å². The predicted octanol–water partition coefficient (Wildman–Crippen LogP) is 5.15. The average Bonchev–Trinajstić information content (AvgIpc) is 2.94. The van der Waals surface area contributed by atoms with E-state index in [-0.39, 0.29) is 11.8 Å². The van der Waals surface area contributed by atoms with Gasteiger partial charge in [-0.3, -0.25) is 14.5 Å². The van der Waals surface area contributed by atoms with Crippen molar-refractivity contribution in [3.8, 4) is 5.75 Å². The third kappa shape index (κ3) is 5.77. The van der Waals surface area contributed by atoms with Gasteiger partial charge in [0.15, 0.2) is 0 Å². The molecule has 6 heteroatoms. The number of carbonyl (C=O) groups is 2. The van der Waals surface area contributed by atoms with Crippen LogP contribution in [0.25, 0.3) is 0 Å². The Kier molecular flexibility index (Phi) is 8.39. The number of para-hydroxylation sites is 1. The zero-order valence-electron chi connectivity index (χ0n) is 21.2. The first kappa shape index (κ1) is 25.5. The summed E-state index contributed by atoms with van der Waals surface area (Å²) in [5, 5.41) is 3.10. The summed E-state index contributed by atoms with van der Waals surface area (Å²) >= 11 is 0. The van der Waals surface area contributed by atoms with E-state index in [0.29, 0.717) is 24.9 Å². The second-order valence-corrected chi connectivity index (χ2v) is 9.21. The van der Waals surface area contributed by atoms with E-state index in [0.717, 1.165) is 37.5 Å². The largest absolute Gasteiger partial charge is 0.497 e. The Balaban J connectivity index is 1.59. The summed E-state index contributed by atoms with van der Waals surface area (Å²) in [6.45, 7) is 4.25. The minimum Gasteiger partial charge on any atom is -0.497 e. The van der Waals surface area contributed by atoms with Gasteiger partial charge in [0.05, 0.1) is 7.11 Å². The monoisotopic (exact) mass is 485 g/mol. The number of anilines is 2. The lowest BCUT2D eigenvalue weighted by Gasteiger charge is -2.47. The summed E-state index contributed by atoms with van der Waals surface area (Å²) in [4.78, 5) is 31.5. The molecule has 1 aliphatic rings. The second kappa shape index (κ2) is 11.9. The van der Waals surface area contributed by atoms with Gasteiger partial charge < -0.3 is 15.0 Å². The lowest BCUT2D eigenvalue weighted by Crippen LogP contribution is -2.64. The summed E-state index contributed by atoms with van der Waals surface area (Å²) in [6, 6.07) is 27.3. The van der Waals surface area contributed by atoms with E-state index in [1.807, 2.05) is 67.6 Å². The van der Waals surface area contributed by atoms with Crippen LogP contribution in [0.1, 0.15) is 31.7 Å². The number of piperidine rings is 1. The minimum atomic E-state index is -0.975. The number of benzene rings is 3. The first-order chi connectivity index (χ1) is 17.6. The van der Waals surface area contributed by atoms with Crippen LogP contribution in [0.15, 0.2) is 84.9 Å². The van der Waals surface area contributed by atoms with Gasteiger partial charge in [0.25, 0.3) is 5.91 Å². The van der Waals surface area contributed by atoms with Crippen molar-refractivity contribution in [2.75, 3.05) is 37.0 Å². The minimum absolute atomic E-state index is 0.0520. The third-order valence-electron chi connectivity index (χ3n) is 7.01.